The van der Waals surface area contributed by atoms with Crippen LogP contribution in [0.15, 0.2) is 48.5 Å². The lowest BCUT2D eigenvalue weighted by molar-refractivity contribution is 0.0980. The van der Waals surface area contributed by atoms with Crippen molar-refractivity contribution in [3.8, 4) is 11.4 Å². The van der Waals surface area contributed by atoms with Crippen molar-refractivity contribution in [2.75, 3.05) is 84.9 Å². The van der Waals surface area contributed by atoms with E-state index in [2.05, 4.69) is 49.4 Å². The van der Waals surface area contributed by atoms with Gasteiger partial charge in [0.25, 0.3) is 0 Å². The van der Waals surface area contributed by atoms with E-state index in [1.807, 2.05) is 36.4 Å². The van der Waals surface area contributed by atoms with Crippen LogP contribution in [0.1, 0.15) is 12.8 Å². The van der Waals surface area contributed by atoms with Gasteiger partial charge in [-0.1, -0.05) is 0 Å². The molecule has 43 heavy (non-hydrogen) atoms. The molecule has 5 aliphatic rings. The summed E-state index contributed by atoms with van der Waals surface area (Å²) >= 11 is 0. The number of carbonyl (C=O) groups excluding carboxylic acids is 1. The van der Waals surface area contributed by atoms with Gasteiger partial charge in [0.1, 0.15) is 0 Å². The van der Waals surface area contributed by atoms with Crippen molar-refractivity contribution in [2.24, 2.45) is 0 Å². The number of amides is 2. The number of aromatic nitrogens is 3. The first-order valence-electron chi connectivity index (χ1n) is 15.3. The van der Waals surface area contributed by atoms with Gasteiger partial charge in [0, 0.05) is 61.9 Å². The van der Waals surface area contributed by atoms with Crippen molar-refractivity contribution in [3.05, 3.63) is 48.5 Å². The number of nitrogens with zero attached hydrogens (tertiary/aromatic N) is 7. The number of nitrogens with one attached hydrogen (secondary N) is 2. The molecule has 12 heteroatoms. The molecule has 5 fully saturated rings. The summed E-state index contributed by atoms with van der Waals surface area (Å²) in [5.74, 6) is 2.04. The standard InChI is InChI=1S/C31H37N9O3/c1-37-10-12-38(13-11-37)23-8-6-22(7-9-23)33-31(41)32-21-4-2-20(3-5-21)28-34-29(39-16-26-14-24(39)18-42-26)36-30(35-28)40-17-27-15-25(40)19-43-27/h2-9,24-27H,10-19H2,1H3,(H2,32,33,41)/t24-,25-,26-,27-/m0/s1. The van der Waals surface area contributed by atoms with Crippen LogP contribution >= 0.6 is 0 Å². The van der Waals surface area contributed by atoms with Gasteiger partial charge >= 0.3 is 6.03 Å². The number of likely N-dealkylation sites (N-methyl/N-ethyl adjacent to an activating group) is 1. The van der Waals surface area contributed by atoms with Gasteiger partial charge in [0.15, 0.2) is 5.82 Å². The molecule has 2 aromatic carbocycles. The van der Waals surface area contributed by atoms with E-state index in [1.165, 1.54) is 5.69 Å². The van der Waals surface area contributed by atoms with Crippen LogP contribution in [-0.2, 0) is 9.47 Å². The maximum absolute atomic E-state index is 12.8. The Morgan fingerprint density at radius 3 is 1.77 bits per heavy atom. The zero-order valence-electron chi connectivity index (χ0n) is 24.4. The molecule has 224 valence electrons. The first kappa shape index (κ1) is 26.6. The SMILES string of the molecule is CN1CCN(c2ccc(NC(=O)Nc3ccc(-c4nc(N5C[C@@H]6C[C@H]5CO6)nc(N5C[C@@H]6C[C@H]5CO6)n4)cc3)cc2)CC1. The summed E-state index contributed by atoms with van der Waals surface area (Å²) in [5, 5.41) is 5.87. The molecule has 4 atom stereocenters. The van der Waals surface area contributed by atoms with Crippen molar-refractivity contribution in [1.29, 1.82) is 0 Å². The highest BCUT2D eigenvalue weighted by atomic mass is 16.5. The fraction of sp³-hybridized carbons (Fsp3) is 0.484. The van der Waals surface area contributed by atoms with Crippen LogP contribution in [0, 0.1) is 0 Å². The molecule has 2 amide bonds. The normalized spacial score (nSPS) is 26.4. The monoisotopic (exact) mass is 583 g/mol. The zero-order valence-corrected chi connectivity index (χ0v) is 24.4. The zero-order chi connectivity index (χ0) is 28.9. The molecule has 2 N–H and O–H groups in total. The third-order valence-electron chi connectivity index (χ3n) is 9.32. The Morgan fingerprint density at radius 2 is 1.28 bits per heavy atom. The lowest BCUT2D eigenvalue weighted by atomic mass is 10.2. The molecule has 3 aromatic rings. The quantitative estimate of drug-likeness (QED) is 0.450. The fourth-order valence-electron chi connectivity index (χ4n) is 6.85. The van der Waals surface area contributed by atoms with Crippen molar-refractivity contribution in [2.45, 2.75) is 37.1 Å². The minimum Gasteiger partial charge on any atom is -0.374 e. The van der Waals surface area contributed by atoms with Gasteiger partial charge in [0.2, 0.25) is 11.9 Å². The topological polar surface area (TPSA) is 111 Å². The smallest absolute Gasteiger partial charge is 0.323 e. The van der Waals surface area contributed by atoms with Crippen LogP contribution in [-0.4, -0.2) is 110 Å². The fourth-order valence-corrected chi connectivity index (χ4v) is 6.85. The Morgan fingerprint density at radius 1 is 0.744 bits per heavy atom. The summed E-state index contributed by atoms with van der Waals surface area (Å²) in [6.07, 6.45) is 2.52. The molecule has 0 saturated carbocycles. The maximum Gasteiger partial charge on any atom is 0.323 e. The van der Waals surface area contributed by atoms with Gasteiger partial charge in [-0.15, -0.1) is 0 Å². The van der Waals surface area contributed by atoms with E-state index in [4.69, 9.17) is 24.4 Å². The molecule has 0 unspecified atom stereocenters. The molecule has 0 aliphatic carbocycles. The van der Waals surface area contributed by atoms with Crippen LogP contribution in [0.5, 0.6) is 0 Å². The summed E-state index contributed by atoms with van der Waals surface area (Å²) in [7, 11) is 2.15. The minimum atomic E-state index is -0.289. The van der Waals surface area contributed by atoms with Gasteiger partial charge < -0.3 is 39.7 Å². The first-order valence-corrected chi connectivity index (χ1v) is 15.3. The number of rotatable bonds is 6. The molecule has 6 heterocycles. The van der Waals surface area contributed by atoms with E-state index in [0.717, 1.165) is 63.4 Å². The highest BCUT2D eigenvalue weighted by Gasteiger charge is 2.43. The number of hydrogen-bond donors (Lipinski definition) is 2. The summed E-state index contributed by atoms with van der Waals surface area (Å²) in [6.45, 7) is 7.17. The molecule has 5 saturated heterocycles. The Kier molecular flexibility index (Phi) is 6.76. The van der Waals surface area contributed by atoms with E-state index in [9.17, 15) is 4.79 Å². The Balaban J connectivity index is 0.958. The highest BCUT2D eigenvalue weighted by molar-refractivity contribution is 5.99. The van der Waals surface area contributed by atoms with Crippen LogP contribution in [0.4, 0.5) is 33.8 Å². The lowest BCUT2D eigenvalue weighted by Crippen LogP contribution is -2.44. The molecular formula is C31H37N9O3. The van der Waals surface area contributed by atoms with Gasteiger partial charge in [-0.3, -0.25) is 0 Å². The second-order valence-electron chi connectivity index (χ2n) is 12.2. The molecule has 0 radical (unpaired) electrons. The summed E-state index contributed by atoms with van der Waals surface area (Å²) < 4.78 is 11.6. The van der Waals surface area contributed by atoms with Gasteiger partial charge in [0.05, 0.1) is 37.5 Å². The van der Waals surface area contributed by atoms with Crippen molar-refractivity contribution in [3.63, 3.8) is 0 Å². The lowest BCUT2D eigenvalue weighted by Gasteiger charge is -2.34. The van der Waals surface area contributed by atoms with Crippen molar-refractivity contribution >= 4 is 35.0 Å². The minimum absolute atomic E-state index is 0.247. The van der Waals surface area contributed by atoms with E-state index in [1.54, 1.807) is 0 Å². The molecule has 0 spiro atoms. The summed E-state index contributed by atoms with van der Waals surface area (Å²) in [4.78, 5) is 36.8. The second-order valence-corrected chi connectivity index (χ2v) is 12.2. The second kappa shape index (κ2) is 10.9. The Hall–Kier alpha value is -4.00. The number of urea groups is 1. The van der Waals surface area contributed by atoms with Gasteiger partial charge in [-0.25, -0.2) is 4.79 Å². The van der Waals surface area contributed by atoms with E-state index >= 15 is 0 Å². The van der Waals surface area contributed by atoms with Crippen molar-refractivity contribution in [1.82, 2.24) is 19.9 Å². The first-order chi connectivity index (χ1) is 21.0. The maximum atomic E-state index is 12.8. The van der Waals surface area contributed by atoms with Crippen molar-refractivity contribution < 1.29 is 14.3 Å². The largest absolute Gasteiger partial charge is 0.374 e. The number of ether oxygens (including phenoxy) is 2. The number of piperazine rings is 1. The number of anilines is 5. The van der Waals surface area contributed by atoms with Crippen LogP contribution in [0.3, 0.4) is 0 Å². The summed E-state index contributed by atoms with van der Waals surface area (Å²) in [5.41, 5.74) is 3.49. The molecule has 5 aliphatic heterocycles. The molecule has 8 rings (SSSR count). The summed E-state index contributed by atoms with van der Waals surface area (Å²) in [6, 6.07) is 16.0. The van der Waals surface area contributed by atoms with E-state index in [0.29, 0.717) is 48.7 Å². The average Bonchev–Trinajstić information content (AvgIpc) is 3.85. The van der Waals surface area contributed by atoms with Crippen LogP contribution in [0.25, 0.3) is 11.4 Å². The Bertz CT molecular complexity index is 1430. The number of benzene rings is 2. The predicted octanol–water partition coefficient (Wildman–Crippen LogP) is 2.89. The highest BCUT2D eigenvalue weighted by Crippen LogP contribution is 2.35. The van der Waals surface area contributed by atoms with E-state index < -0.39 is 0 Å². The number of fused-ring (bicyclic) bond motifs is 4. The van der Waals surface area contributed by atoms with Gasteiger partial charge in [-0.05, 0) is 68.4 Å². The van der Waals surface area contributed by atoms with E-state index in [-0.39, 0.29) is 18.2 Å². The molecule has 12 nitrogen and oxygen atoms in total. The van der Waals surface area contributed by atoms with Gasteiger partial charge in [-0.2, -0.15) is 15.0 Å². The van der Waals surface area contributed by atoms with Crippen LogP contribution in [0.2, 0.25) is 0 Å². The Labute approximate surface area is 251 Å². The third kappa shape index (κ3) is 5.34. The molecular weight excluding hydrogens is 546 g/mol. The number of hydrogen-bond acceptors (Lipinski definition) is 10. The number of carbonyl (C=O) groups is 1. The predicted molar refractivity (Wildman–Crippen MR) is 165 cm³/mol. The van der Waals surface area contributed by atoms with Crippen LogP contribution < -0.4 is 25.3 Å². The number of morpholine rings is 2. The molecule has 1 aromatic heterocycles. The third-order valence-corrected chi connectivity index (χ3v) is 9.32. The molecule has 4 bridgehead atoms. The average molecular weight is 584 g/mol.